The molecule has 35 heavy (non-hydrogen) atoms. The van der Waals surface area contributed by atoms with E-state index in [4.69, 9.17) is 11.6 Å². The van der Waals surface area contributed by atoms with Crippen molar-refractivity contribution in [2.45, 2.75) is 32.6 Å². The summed E-state index contributed by atoms with van der Waals surface area (Å²) in [5.74, 6) is 0. The SMILES string of the molecule is Cc1cc(S(=O)(=O)N(C=Nc2cccc([N+](=O)[O-])c2C)c2cccc([N+](=O)[O-])c2C)c(C)cc1Cl. The number of hydrogen-bond acceptors (Lipinski definition) is 7. The van der Waals surface area contributed by atoms with Crippen molar-refractivity contribution in [2.75, 3.05) is 4.31 Å². The summed E-state index contributed by atoms with van der Waals surface area (Å²) in [6.45, 7) is 6.17. The third-order valence-corrected chi connectivity index (χ3v) is 7.69. The maximum Gasteiger partial charge on any atom is 0.274 e. The van der Waals surface area contributed by atoms with Crippen LogP contribution in [0.1, 0.15) is 22.3 Å². The van der Waals surface area contributed by atoms with E-state index in [9.17, 15) is 28.6 Å². The molecule has 0 radical (unpaired) electrons. The van der Waals surface area contributed by atoms with Crippen LogP contribution in [-0.4, -0.2) is 24.6 Å². The Balaban J connectivity index is 2.28. The number of hydrogen-bond donors (Lipinski definition) is 0. The number of nitrogens with zero attached hydrogens (tertiary/aromatic N) is 4. The van der Waals surface area contributed by atoms with E-state index in [0.29, 0.717) is 16.1 Å². The van der Waals surface area contributed by atoms with Gasteiger partial charge in [0.05, 0.1) is 37.2 Å². The highest BCUT2D eigenvalue weighted by Gasteiger charge is 2.29. The summed E-state index contributed by atoms with van der Waals surface area (Å²) in [7, 11) is -4.33. The van der Waals surface area contributed by atoms with Crippen molar-refractivity contribution in [2.24, 2.45) is 4.99 Å². The van der Waals surface area contributed by atoms with Crippen LogP contribution in [0.5, 0.6) is 0 Å². The fourth-order valence-electron chi connectivity index (χ4n) is 3.50. The molecule has 182 valence electrons. The Kier molecular flexibility index (Phi) is 7.22. The second-order valence-electron chi connectivity index (χ2n) is 7.77. The van der Waals surface area contributed by atoms with E-state index in [2.05, 4.69) is 4.99 Å². The number of halogens is 1. The molecule has 0 atom stereocenters. The molecule has 0 saturated heterocycles. The van der Waals surface area contributed by atoms with Crippen LogP contribution in [0.3, 0.4) is 0 Å². The Labute approximate surface area is 206 Å². The molecule has 0 saturated carbocycles. The zero-order valence-electron chi connectivity index (χ0n) is 19.2. The summed E-state index contributed by atoms with van der Waals surface area (Å²) in [6, 6.07) is 11.2. The largest absolute Gasteiger partial charge is 0.274 e. The number of nitro benzene ring substituents is 2. The minimum absolute atomic E-state index is 0.0121. The van der Waals surface area contributed by atoms with Crippen LogP contribution in [0, 0.1) is 47.9 Å². The molecule has 0 fully saturated rings. The second kappa shape index (κ2) is 9.80. The van der Waals surface area contributed by atoms with Crippen molar-refractivity contribution < 1.29 is 18.3 Å². The summed E-state index contributed by atoms with van der Waals surface area (Å²) in [5.41, 5.74) is 0.972. The molecule has 0 aromatic heterocycles. The molecule has 3 aromatic carbocycles. The van der Waals surface area contributed by atoms with Crippen molar-refractivity contribution >= 4 is 50.7 Å². The van der Waals surface area contributed by atoms with Gasteiger partial charge in [-0.15, -0.1) is 0 Å². The molecule has 0 aliphatic carbocycles. The summed E-state index contributed by atoms with van der Waals surface area (Å²) < 4.78 is 28.5. The Hall–Kier alpha value is -3.83. The van der Waals surface area contributed by atoms with Crippen molar-refractivity contribution in [1.82, 2.24) is 0 Å². The number of anilines is 1. The lowest BCUT2D eigenvalue weighted by Crippen LogP contribution is -2.31. The van der Waals surface area contributed by atoms with Crippen LogP contribution in [0.15, 0.2) is 58.4 Å². The molecule has 3 rings (SSSR count). The normalized spacial score (nSPS) is 11.6. The molecule has 0 spiro atoms. The third kappa shape index (κ3) is 5.00. The van der Waals surface area contributed by atoms with Gasteiger partial charge in [0.1, 0.15) is 6.34 Å². The minimum Gasteiger partial charge on any atom is -0.258 e. The third-order valence-electron chi connectivity index (χ3n) is 5.48. The maximum atomic E-state index is 13.8. The van der Waals surface area contributed by atoms with Crippen molar-refractivity contribution in [3.05, 3.63) is 96.0 Å². The lowest BCUT2D eigenvalue weighted by Gasteiger charge is -2.23. The first-order valence-corrected chi connectivity index (χ1v) is 12.0. The fourth-order valence-corrected chi connectivity index (χ4v) is 5.35. The van der Waals surface area contributed by atoms with Gasteiger partial charge in [-0.3, -0.25) is 20.2 Å². The minimum atomic E-state index is -4.33. The molecule has 0 bridgehead atoms. The predicted octanol–water partition coefficient (Wildman–Crippen LogP) is 5.95. The summed E-state index contributed by atoms with van der Waals surface area (Å²) >= 11 is 6.15. The molecule has 10 nitrogen and oxygen atoms in total. The molecule has 0 heterocycles. The first-order chi connectivity index (χ1) is 16.4. The molecule has 0 amide bonds. The molecule has 0 unspecified atom stereocenters. The van der Waals surface area contributed by atoms with Gasteiger partial charge in [-0.05, 0) is 63.1 Å². The summed E-state index contributed by atoms with van der Waals surface area (Å²) in [4.78, 5) is 25.8. The Morgan fingerprint density at radius 3 is 2.06 bits per heavy atom. The zero-order chi connectivity index (χ0) is 26.1. The topological polar surface area (TPSA) is 136 Å². The summed E-state index contributed by atoms with van der Waals surface area (Å²) in [5, 5.41) is 23.2. The Morgan fingerprint density at radius 2 is 1.46 bits per heavy atom. The molecule has 0 N–H and O–H groups in total. The van der Waals surface area contributed by atoms with E-state index in [-0.39, 0.29) is 38.8 Å². The lowest BCUT2D eigenvalue weighted by molar-refractivity contribution is -0.385. The second-order valence-corrected chi connectivity index (χ2v) is 9.96. The standard InChI is InChI=1S/C23H21ClN4O6S/c1-14-12-23(15(2)11-18(14)24)35(33,34)26(20-8-6-10-22(17(20)4)28(31)32)13-25-19-7-5-9-21(16(19)3)27(29)30/h5-13H,1-4H3. The Bertz CT molecular complexity index is 1490. The molecule has 0 aliphatic rings. The molecular weight excluding hydrogens is 496 g/mol. The lowest BCUT2D eigenvalue weighted by atomic mass is 10.1. The number of nitro groups is 2. The first-order valence-electron chi connectivity index (χ1n) is 10.2. The zero-order valence-corrected chi connectivity index (χ0v) is 20.8. The number of aryl methyl sites for hydroxylation is 2. The molecule has 12 heteroatoms. The number of aliphatic imine (C=N–C) groups is 1. The van der Waals surface area contributed by atoms with Crippen LogP contribution in [0.4, 0.5) is 22.7 Å². The average Bonchev–Trinajstić information content (AvgIpc) is 2.77. The van der Waals surface area contributed by atoms with Gasteiger partial charge in [-0.1, -0.05) is 23.7 Å². The molecular formula is C23H21ClN4O6S. The van der Waals surface area contributed by atoms with Gasteiger partial charge >= 0.3 is 0 Å². The first kappa shape index (κ1) is 25.8. The summed E-state index contributed by atoms with van der Waals surface area (Å²) in [6.07, 6.45) is 0.997. The van der Waals surface area contributed by atoms with Crippen LogP contribution < -0.4 is 4.31 Å². The van der Waals surface area contributed by atoms with Crippen LogP contribution >= 0.6 is 11.6 Å². The van der Waals surface area contributed by atoms with Gasteiger partial charge in [0, 0.05) is 17.2 Å². The van der Waals surface area contributed by atoms with E-state index >= 15 is 0 Å². The van der Waals surface area contributed by atoms with Crippen molar-refractivity contribution in [3.8, 4) is 0 Å². The van der Waals surface area contributed by atoms with Crippen molar-refractivity contribution in [3.63, 3.8) is 0 Å². The average molecular weight is 517 g/mol. The fraction of sp³-hybridized carbons (Fsp3) is 0.174. The van der Waals surface area contributed by atoms with E-state index in [0.717, 1.165) is 10.6 Å². The monoisotopic (exact) mass is 516 g/mol. The van der Waals surface area contributed by atoms with E-state index < -0.39 is 19.9 Å². The van der Waals surface area contributed by atoms with Gasteiger partial charge in [-0.2, -0.15) is 0 Å². The Morgan fingerprint density at radius 1 is 0.886 bits per heavy atom. The van der Waals surface area contributed by atoms with Gasteiger partial charge in [0.2, 0.25) is 0 Å². The maximum absolute atomic E-state index is 13.8. The van der Waals surface area contributed by atoms with E-state index in [1.54, 1.807) is 13.8 Å². The van der Waals surface area contributed by atoms with Gasteiger partial charge in [-0.25, -0.2) is 17.7 Å². The molecule has 0 aliphatic heterocycles. The van der Waals surface area contributed by atoms with Crippen molar-refractivity contribution in [1.29, 1.82) is 0 Å². The predicted molar refractivity (Wildman–Crippen MR) is 134 cm³/mol. The van der Waals surface area contributed by atoms with Crippen LogP contribution in [-0.2, 0) is 10.0 Å². The molecule has 3 aromatic rings. The van der Waals surface area contributed by atoms with E-state index in [1.807, 2.05) is 0 Å². The number of benzene rings is 3. The van der Waals surface area contributed by atoms with Gasteiger partial charge < -0.3 is 0 Å². The van der Waals surface area contributed by atoms with Crippen LogP contribution in [0.2, 0.25) is 5.02 Å². The van der Waals surface area contributed by atoms with E-state index in [1.165, 1.54) is 62.4 Å². The highest BCUT2D eigenvalue weighted by Crippen LogP contribution is 2.34. The number of rotatable bonds is 7. The highest BCUT2D eigenvalue weighted by atomic mass is 35.5. The highest BCUT2D eigenvalue weighted by molar-refractivity contribution is 7.93. The number of sulfonamides is 1. The quantitative estimate of drug-likeness (QED) is 0.165. The van der Waals surface area contributed by atoms with Gasteiger partial charge in [0.15, 0.2) is 0 Å². The van der Waals surface area contributed by atoms with Gasteiger partial charge in [0.25, 0.3) is 21.4 Å². The smallest absolute Gasteiger partial charge is 0.258 e. The van der Waals surface area contributed by atoms with Crippen LogP contribution in [0.25, 0.3) is 0 Å².